The third-order valence-electron chi connectivity index (χ3n) is 3.57. The molecule has 2 bridgehead atoms. The number of fused-ring (bicyclic) bond motifs is 2. The van der Waals surface area contributed by atoms with Crippen molar-refractivity contribution in [3.05, 3.63) is 0 Å². The molecule has 2 fully saturated rings. The van der Waals surface area contributed by atoms with Crippen molar-refractivity contribution in [2.75, 3.05) is 13.1 Å². The molecule has 2 saturated heterocycles. The van der Waals surface area contributed by atoms with E-state index in [4.69, 9.17) is 9.84 Å². The first kappa shape index (κ1) is 15.4. The molecule has 116 valence electrons. The Hall–Kier alpha value is -1.02. The van der Waals surface area contributed by atoms with Gasteiger partial charge in [-0.3, -0.25) is 4.99 Å². The first-order valence-electron chi connectivity index (χ1n) is 6.85. The van der Waals surface area contributed by atoms with Gasteiger partial charge < -0.3 is 20.5 Å². The normalized spacial score (nSPS) is 31.4. The maximum absolute atomic E-state index is 12.2. The molecule has 2 aliphatic heterocycles. The Balaban J connectivity index is 1.89. The number of halogens is 3. The Morgan fingerprint density at radius 1 is 1.45 bits per heavy atom. The van der Waals surface area contributed by atoms with Crippen LogP contribution in [-0.4, -0.2) is 54.7 Å². The van der Waals surface area contributed by atoms with Crippen molar-refractivity contribution in [1.82, 2.24) is 10.6 Å². The highest BCUT2D eigenvalue weighted by molar-refractivity contribution is 5.80. The monoisotopic (exact) mass is 295 g/mol. The molecule has 4 unspecified atom stereocenters. The van der Waals surface area contributed by atoms with E-state index in [1.807, 2.05) is 6.92 Å². The Kier molecular flexibility index (Phi) is 4.74. The molecule has 2 aliphatic rings. The van der Waals surface area contributed by atoms with Gasteiger partial charge in [-0.25, -0.2) is 0 Å². The highest BCUT2D eigenvalue weighted by atomic mass is 19.4. The van der Waals surface area contributed by atoms with Gasteiger partial charge in [0.1, 0.15) is 0 Å². The van der Waals surface area contributed by atoms with Crippen LogP contribution in [0.15, 0.2) is 4.99 Å². The Bertz CT molecular complexity index is 362. The molecule has 3 N–H and O–H groups in total. The topological polar surface area (TPSA) is 65.9 Å². The Morgan fingerprint density at radius 3 is 2.70 bits per heavy atom. The van der Waals surface area contributed by atoms with Crippen LogP contribution in [0.5, 0.6) is 0 Å². The second-order valence-electron chi connectivity index (χ2n) is 5.14. The zero-order valence-electron chi connectivity index (χ0n) is 11.3. The maximum atomic E-state index is 12.2. The molecule has 8 heteroatoms. The van der Waals surface area contributed by atoms with Gasteiger partial charge in [0.2, 0.25) is 0 Å². The van der Waals surface area contributed by atoms with Crippen LogP contribution in [0.3, 0.4) is 0 Å². The van der Waals surface area contributed by atoms with E-state index in [-0.39, 0.29) is 24.2 Å². The zero-order valence-corrected chi connectivity index (χ0v) is 11.3. The molecular weight excluding hydrogens is 275 g/mol. The number of aliphatic hydroxyl groups is 1. The van der Waals surface area contributed by atoms with Crippen LogP contribution < -0.4 is 10.6 Å². The number of nitrogens with zero attached hydrogens (tertiary/aromatic N) is 1. The molecule has 0 saturated carbocycles. The fourth-order valence-corrected chi connectivity index (χ4v) is 2.57. The van der Waals surface area contributed by atoms with Gasteiger partial charge in [-0.1, -0.05) is 0 Å². The van der Waals surface area contributed by atoms with Crippen LogP contribution in [0.1, 0.15) is 26.2 Å². The van der Waals surface area contributed by atoms with E-state index in [0.717, 1.165) is 19.3 Å². The van der Waals surface area contributed by atoms with E-state index in [2.05, 4.69) is 15.6 Å². The van der Waals surface area contributed by atoms with Crippen LogP contribution in [0.2, 0.25) is 0 Å². The summed E-state index contributed by atoms with van der Waals surface area (Å²) in [4.78, 5) is 3.80. The molecule has 0 aromatic carbocycles. The van der Waals surface area contributed by atoms with Gasteiger partial charge >= 0.3 is 6.18 Å². The summed E-state index contributed by atoms with van der Waals surface area (Å²) in [5.74, 6) is 0.289. The van der Waals surface area contributed by atoms with E-state index in [9.17, 15) is 13.2 Å². The second kappa shape index (κ2) is 6.17. The molecule has 0 radical (unpaired) electrons. The summed E-state index contributed by atoms with van der Waals surface area (Å²) in [7, 11) is 0. The minimum atomic E-state index is -4.64. The molecule has 0 aromatic heterocycles. The van der Waals surface area contributed by atoms with Crippen molar-refractivity contribution in [3.63, 3.8) is 0 Å². The van der Waals surface area contributed by atoms with Crippen molar-refractivity contribution in [2.45, 2.75) is 56.7 Å². The molecule has 20 heavy (non-hydrogen) atoms. The lowest BCUT2D eigenvalue weighted by Crippen LogP contribution is -2.48. The summed E-state index contributed by atoms with van der Waals surface area (Å²) < 4.78 is 42.4. The molecular formula is C12H20F3N3O2. The maximum Gasteiger partial charge on any atom is 0.416 e. The first-order valence-corrected chi connectivity index (χ1v) is 6.85. The van der Waals surface area contributed by atoms with Gasteiger partial charge in [0.05, 0.1) is 24.8 Å². The third kappa shape index (κ3) is 3.76. The minimum Gasteiger partial charge on any atom is -0.382 e. The molecule has 2 rings (SSSR count). The Labute approximate surface area is 115 Å². The van der Waals surface area contributed by atoms with Gasteiger partial charge in [0.25, 0.3) is 0 Å². The largest absolute Gasteiger partial charge is 0.416 e. The van der Waals surface area contributed by atoms with Gasteiger partial charge in [0.15, 0.2) is 12.1 Å². The number of nitrogens with one attached hydrogen (secondary N) is 2. The number of aliphatic hydroxyl groups excluding tert-OH is 1. The quantitative estimate of drug-likeness (QED) is 0.530. The van der Waals surface area contributed by atoms with Crippen LogP contribution in [0, 0.1) is 0 Å². The third-order valence-corrected chi connectivity index (χ3v) is 3.57. The van der Waals surface area contributed by atoms with E-state index < -0.39 is 18.8 Å². The van der Waals surface area contributed by atoms with Crippen LogP contribution >= 0.6 is 0 Å². The predicted octanol–water partition coefficient (Wildman–Crippen LogP) is 0.785. The van der Waals surface area contributed by atoms with E-state index in [1.54, 1.807) is 0 Å². The van der Waals surface area contributed by atoms with Crippen molar-refractivity contribution >= 4 is 5.96 Å². The van der Waals surface area contributed by atoms with Gasteiger partial charge in [0, 0.05) is 6.54 Å². The van der Waals surface area contributed by atoms with Crippen molar-refractivity contribution < 1.29 is 23.0 Å². The number of guanidine groups is 1. The van der Waals surface area contributed by atoms with Gasteiger partial charge in [-0.05, 0) is 26.2 Å². The molecule has 0 spiro atoms. The van der Waals surface area contributed by atoms with Gasteiger partial charge in [-0.2, -0.15) is 13.2 Å². The predicted molar refractivity (Wildman–Crippen MR) is 67.5 cm³/mol. The standard InChI is InChI=1S/C12H20F3N3O2/c1-2-16-11(17-6-10(19)12(13,14)15)18-8-5-7-3-4-9(8)20-7/h7-10,19H,2-6H2,1H3,(H2,16,17,18). The summed E-state index contributed by atoms with van der Waals surface area (Å²) in [6.07, 6.45) is -3.87. The van der Waals surface area contributed by atoms with E-state index in [1.165, 1.54) is 0 Å². The minimum absolute atomic E-state index is 0.0783. The van der Waals surface area contributed by atoms with Crippen molar-refractivity contribution in [2.24, 2.45) is 4.99 Å². The van der Waals surface area contributed by atoms with Crippen LogP contribution in [0.25, 0.3) is 0 Å². The molecule has 0 aliphatic carbocycles. The van der Waals surface area contributed by atoms with Crippen molar-refractivity contribution in [1.29, 1.82) is 0 Å². The van der Waals surface area contributed by atoms with Gasteiger partial charge in [-0.15, -0.1) is 0 Å². The average Bonchev–Trinajstić information content (AvgIpc) is 2.96. The van der Waals surface area contributed by atoms with Crippen LogP contribution in [-0.2, 0) is 4.74 Å². The highest BCUT2D eigenvalue weighted by Gasteiger charge is 2.41. The fraction of sp³-hybridized carbons (Fsp3) is 0.917. The SMILES string of the molecule is CCNC(=NCC(O)C(F)(F)F)NC1CC2CCC1O2. The average molecular weight is 295 g/mol. The zero-order chi connectivity index (χ0) is 14.8. The summed E-state index contributed by atoms with van der Waals surface area (Å²) in [5, 5.41) is 14.9. The number of hydrogen-bond acceptors (Lipinski definition) is 3. The molecule has 0 aromatic rings. The lowest BCUT2D eigenvalue weighted by molar-refractivity contribution is -0.199. The number of aliphatic imine (C=N–C) groups is 1. The molecule has 5 nitrogen and oxygen atoms in total. The summed E-state index contributed by atoms with van der Waals surface area (Å²) in [6.45, 7) is 1.66. The Morgan fingerprint density at radius 2 is 2.20 bits per heavy atom. The number of rotatable bonds is 4. The van der Waals surface area contributed by atoms with Crippen molar-refractivity contribution in [3.8, 4) is 0 Å². The van der Waals surface area contributed by atoms with E-state index >= 15 is 0 Å². The van der Waals surface area contributed by atoms with E-state index in [0.29, 0.717) is 6.54 Å². The number of hydrogen-bond donors (Lipinski definition) is 3. The summed E-state index contributed by atoms with van der Waals surface area (Å²) in [5.41, 5.74) is 0. The number of alkyl halides is 3. The molecule has 2 heterocycles. The fourth-order valence-electron chi connectivity index (χ4n) is 2.57. The molecule has 4 atom stereocenters. The van der Waals surface area contributed by atoms with Crippen LogP contribution in [0.4, 0.5) is 13.2 Å². The molecule has 0 amide bonds. The lowest BCUT2D eigenvalue weighted by Gasteiger charge is -2.23. The first-order chi connectivity index (χ1) is 9.40. The lowest BCUT2D eigenvalue weighted by atomic mass is 9.96. The highest BCUT2D eigenvalue weighted by Crippen LogP contribution is 2.34. The smallest absolute Gasteiger partial charge is 0.382 e. The number of ether oxygens (including phenoxy) is 1. The summed E-state index contributed by atoms with van der Waals surface area (Å²) >= 11 is 0. The summed E-state index contributed by atoms with van der Waals surface area (Å²) in [6, 6.07) is 0.0783. The second-order valence-corrected chi connectivity index (χ2v) is 5.14.